The van der Waals surface area contributed by atoms with Gasteiger partial charge in [0.15, 0.2) is 0 Å². The van der Waals surface area contributed by atoms with Crippen molar-refractivity contribution < 1.29 is 14.7 Å². The molecule has 4 nitrogen and oxygen atoms in total. The summed E-state index contributed by atoms with van der Waals surface area (Å²) >= 11 is 4.86. The van der Waals surface area contributed by atoms with E-state index in [0.717, 1.165) is 4.47 Å². The van der Waals surface area contributed by atoms with Crippen LogP contribution in [0.15, 0.2) is 28.7 Å². The topological polar surface area (TPSA) is 57.6 Å². The molecule has 1 saturated heterocycles. The number of aliphatic carboxylic acids is 1. The Kier molecular flexibility index (Phi) is 4.75. The van der Waals surface area contributed by atoms with Crippen LogP contribution in [-0.4, -0.2) is 39.1 Å². The Balaban J connectivity index is 2.31. The first-order valence-electron chi connectivity index (χ1n) is 6.34. The van der Waals surface area contributed by atoms with E-state index in [4.69, 9.17) is 0 Å². The molecule has 1 heterocycles. The Morgan fingerprint density at radius 3 is 2.45 bits per heavy atom. The molecule has 0 aromatic heterocycles. The van der Waals surface area contributed by atoms with Crippen LogP contribution in [0.4, 0.5) is 0 Å². The minimum atomic E-state index is -0.939. The minimum Gasteiger partial charge on any atom is -0.480 e. The van der Waals surface area contributed by atoms with Gasteiger partial charge in [-0.2, -0.15) is 0 Å². The summed E-state index contributed by atoms with van der Waals surface area (Å²) in [6.45, 7) is 4.01. The molecular weight excluding hydrogens is 342 g/mol. The van der Waals surface area contributed by atoms with Crippen LogP contribution in [0, 0.1) is 5.92 Å². The maximum atomic E-state index is 12.6. The molecule has 6 heteroatoms. The van der Waals surface area contributed by atoms with Gasteiger partial charge in [-0.25, -0.2) is 4.79 Å². The van der Waals surface area contributed by atoms with Crippen LogP contribution in [0.5, 0.6) is 0 Å². The SMILES string of the molecule is CC(C)C1SCC(C(=O)O)N1C(=O)c1ccc(Br)cc1. The van der Waals surface area contributed by atoms with E-state index in [1.807, 2.05) is 13.8 Å². The van der Waals surface area contributed by atoms with E-state index in [0.29, 0.717) is 11.3 Å². The van der Waals surface area contributed by atoms with Crippen molar-refractivity contribution in [2.45, 2.75) is 25.3 Å². The highest BCUT2D eigenvalue weighted by Gasteiger charge is 2.43. The quantitative estimate of drug-likeness (QED) is 0.902. The van der Waals surface area contributed by atoms with Crippen molar-refractivity contribution in [1.82, 2.24) is 4.90 Å². The van der Waals surface area contributed by atoms with Crippen LogP contribution in [0.1, 0.15) is 24.2 Å². The van der Waals surface area contributed by atoms with Gasteiger partial charge >= 0.3 is 5.97 Å². The predicted molar refractivity (Wildman–Crippen MR) is 82.8 cm³/mol. The van der Waals surface area contributed by atoms with Crippen molar-refractivity contribution in [3.8, 4) is 0 Å². The number of hydrogen-bond acceptors (Lipinski definition) is 3. The summed E-state index contributed by atoms with van der Waals surface area (Å²) in [6, 6.07) is 6.26. The van der Waals surface area contributed by atoms with Crippen molar-refractivity contribution in [1.29, 1.82) is 0 Å². The largest absolute Gasteiger partial charge is 0.480 e. The number of carbonyl (C=O) groups excluding carboxylic acids is 1. The summed E-state index contributed by atoms with van der Waals surface area (Å²) in [7, 11) is 0. The molecule has 2 rings (SSSR count). The number of carbonyl (C=O) groups is 2. The van der Waals surface area contributed by atoms with E-state index in [2.05, 4.69) is 15.9 Å². The third-order valence-electron chi connectivity index (χ3n) is 3.22. The van der Waals surface area contributed by atoms with Crippen LogP contribution in [0.2, 0.25) is 0 Å². The first kappa shape index (κ1) is 15.4. The zero-order chi connectivity index (χ0) is 14.9. The van der Waals surface area contributed by atoms with Crippen LogP contribution < -0.4 is 0 Å². The van der Waals surface area contributed by atoms with Gasteiger partial charge in [0.25, 0.3) is 5.91 Å². The lowest BCUT2D eigenvalue weighted by atomic mass is 10.1. The highest BCUT2D eigenvalue weighted by molar-refractivity contribution is 9.10. The van der Waals surface area contributed by atoms with E-state index in [1.165, 1.54) is 16.7 Å². The van der Waals surface area contributed by atoms with E-state index in [-0.39, 0.29) is 17.2 Å². The summed E-state index contributed by atoms with van der Waals surface area (Å²) in [6.07, 6.45) is 0. The molecule has 2 atom stereocenters. The van der Waals surface area contributed by atoms with Crippen LogP contribution in [0.3, 0.4) is 0 Å². The number of carboxylic acid groups (broad SMARTS) is 1. The molecule has 1 N–H and O–H groups in total. The molecule has 20 heavy (non-hydrogen) atoms. The van der Waals surface area contributed by atoms with E-state index in [1.54, 1.807) is 24.3 Å². The highest BCUT2D eigenvalue weighted by Crippen LogP contribution is 2.35. The summed E-state index contributed by atoms with van der Waals surface area (Å²) in [4.78, 5) is 25.5. The van der Waals surface area contributed by atoms with Gasteiger partial charge in [0.1, 0.15) is 6.04 Å². The molecule has 0 radical (unpaired) electrons. The summed E-state index contributed by atoms with van der Waals surface area (Å²) in [5.41, 5.74) is 0.521. The summed E-state index contributed by atoms with van der Waals surface area (Å²) in [5, 5.41) is 9.22. The molecule has 0 spiro atoms. The van der Waals surface area contributed by atoms with Gasteiger partial charge in [0.2, 0.25) is 0 Å². The molecule has 0 aliphatic carbocycles. The fourth-order valence-electron chi connectivity index (χ4n) is 2.23. The average molecular weight is 358 g/mol. The van der Waals surface area contributed by atoms with Gasteiger partial charge in [0.05, 0.1) is 5.37 Å². The lowest BCUT2D eigenvalue weighted by molar-refractivity contribution is -0.141. The van der Waals surface area contributed by atoms with Crippen molar-refractivity contribution in [3.05, 3.63) is 34.3 Å². The van der Waals surface area contributed by atoms with Crippen molar-refractivity contribution in [2.75, 3.05) is 5.75 Å². The number of carboxylic acids is 1. The number of halogens is 1. The fourth-order valence-corrected chi connectivity index (χ4v) is 3.97. The Morgan fingerprint density at radius 2 is 1.95 bits per heavy atom. The second-order valence-corrected chi connectivity index (χ2v) is 7.11. The second-order valence-electron chi connectivity index (χ2n) is 5.04. The van der Waals surface area contributed by atoms with Gasteiger partial charge < -0.3 is 10.0 Å². The first-order chi connectivity index (χ1) is 9.41. The van der Waals surface area contributed by atoms with Crippen LogP contribution in [0.25, 0.3) is 0 Å². The average Bonchev–Trinajstić information content (AvgIpc) is 2.83. The minimum absolute atomic E-state index is 0.0905. The van der Waals surface area contributed by atoms with Gasteiger partial charge in [-0.15, -0.1) is 11.8 Å². The van der Waals surface area contributed by atoms with Gasteiger partial charge in [-0.05, 0) is 30.2 Å². The third kappa shape index (κ3) is 3.01. The Bertz CT molecular complexity index is 518. The molecular formula is C14H16BrNO3S. The number of benzene rings is 1. The van der Waals surface area contributed by atoms with Crippen LogP contribution >= 0.6 is 27.7 Å². The molecule has 108 valence electrons. The van der Waals surface area contributed by atoms with E-state index >= 15 is 0 Å². The smallest absolute Gasteiger partial charge is 0.327 e. The van der Waals surface area contributed by atoms with Gasteiger partial charge in [0, 0.05) is 15.8 Å². The summed E-state index contributed by atoms with van der Waals surface area (Å²) < 4.78 is 0.889. The molecule has 1 fully saturated rings. The van der Waals surface area contributed by atoms with Crippen molar-refractivity contribution >= 4 is 39.6 Å². The predicted octanol–water partition coefficient (Wildman–Crippen LogP) is 3.07. The van der Waals surface area contributed by atoms with E-state index in [9.17, 15) is 14.7 Å². The monoisotopic (exact) mass is 357 g/mol. The zero-order valence-electron chi connectivity index (χ0n) is 11.2. The first-order valence-corrected chi connectivity index (χ1v) is 8.18. The molecule has 1 aromatic carbocycles. The Morgan fingerprint density at radius 1 is 1.35 bits per heavy atom. The van der Waals surface area contributed by atoms with Gasteiger partial charge in [-0.3, -0.25) is 4.79 Å². The Labute approximate surface area is 130 Å². The maximum absolute atomic E-state index is 12.6. The number of rotatable bonds is 3. The Hall–Kier alpha value is -1.01. The molecule has 1 aliphatic heterocycles. The molecule has 0 saturated carbocycles. The van der Waals surface area contributed by atoms with Crippen LogP contribution in [-0.2, 0) is 4.79 Å². The molecule has 1 aliphatic rings. The zero-order valence-corrected chi connectivity index (χ0v) is 13.6. The number of hydrogen-bond donors (Lipinski definition) is 1. The molecule has 0 bridgehead atoms. The molecule has 1 aromatic rings. The molecule has 1 amide bonds. The third-order valence-corrected chi connectivity index (χ3v) is 5.37. The lowest BCUT2D eigenvalue weighted by Gasteiger charge is -2.29. The highest BCUT2D eigenvalue weighted by atomic mass is 79.9. The summed E-state index contributed by atoms with van der Waals surface area (Å²) in [5.74, 6) is -0.496. The molecule has 2 unspecified atom stereocenters. The van der Waals surface area contributed by atoms with Crippen molar-refractivity contribution in [2.24, 2.45) is 5.92 Å². The number of amides is 1. The maximum Gasteiger partial charge on any atom is 0.327 e. The van der Waals surface area contributed by atoms with Gasteiger partial charge in [-0.1, -0.05) is 29.8 Å². The standard InChI is InChI=1S/C14H16BrNO3S/c1-8(2)13-16(11(7-20-13)14(18)19)12(17)9-3-5-10(15)6-4-9/h3-6,8,11,13H,7H2,1-2H3,(H,18,19). The second kappa shape index (κ2) is 6.18. The number of nitrogens with zero attached hydrogens (tertiary/aromatic N) is 1. The fraction of sp³-hybridized carbons (Fsp3) is 0.429. The normalized spacial score (nSPS) is 22.3. The van der Waals surface area contributed by atoms with Crippen molar-refractivity contribution in [3.63, 3.8) is 0 Å². The van der Waals surface area contributed by atoms with E-state index < -0.39 is 12.0 Å². The number of thioether (sulfide) groups is 1. The lowest BCUT2D eigenvalue weighted by Crippen LogP contribution is -2.47.